The molecule has 2 aromatic heterocycles. The number of hydrogen-bond acceptors (Lipinski definition) is 2. The predicted octanol–water partition coefficient (Wildman–Crippen LogP) is 3.73. The molecular formula is C20H26N4O. The number of H-pyrrole nitrogens is 1. The number of fused-ring (bicyclic) bond motifs is 1. The smallest absolute Gasteiger partial charge is 0.243 e. The second-order valence-electron chi connectivity index (χ2n) is 6.70. The van der Waals surface area contributed by atoms with Crippen molar-refractivity contribution in [1.82, 2.24) is 19.9 Å². The van der Waals surface area contributed by atoms with Crippen molar-refractivity contribution in [2.75, 3.05) is 0 Å². The van der Waals surface area contributed by atoms with Crippen LogP contribution in [0.4, 0.5) is 0 Å². The lowest BCUT2D eigenvalue weighted by molar-refractivity contribution is -0.124. The summed E-state index contributed by atoms with van der Waals surface area (Å²) in [6.45, 7) is 10.7. The average molecular weight is 338 g/mol. The van der Waals surface area contributed by atoms with Gasteiger partial charge in [0.25, 0.3) is 0 Å². The van der Waals surface area contributed by atoms with Crippen LogP contribution in [0.15, 0.2) is 24.5 Å². The minimum atomic E-state index is -0.278. The van der Waals surface area contributed by atoms with E-state index in [9.17, 15) is 4.79 Å². The highest BCUT2D eigenvalue weighted by molar-refractivity contribution is 5.88. The van der Waals surface area contributed by atoms with Crippen LogP contribution in [0.3, 0.4) is 0 Å². The van der Waals surface area contributed by atoms with Gasteiger partial charge in [-0.3, -0.25) is 4.79 Å². The minimum absolute atomic E-state index is 0.00486. The fourth-order valence-electron chi connectivity index (χ4n) is 3.46. The molecule has 0 aliphatic carbocycles. The van der Waals surface area contributed by atoms with Crippen LogP contribution in [0.25, 0.3) is 10.9 Å². The molecule has 0 aliphatic heterocycles. The van der Waals surface area contributed by atoms with Gasteiger partial charge in [-0.05, 0) is 51.3 Å². The van der Waals surface area contributed by atoms with Gasteiger partial charge in [-0.2, -0.15) is 0 Å². The second kappa shape index (κ2) is 6.75. The number of carbonyl (C=O) groups is 1. The Hall–Kier alpha value is -2.56. The van der Waals surface area contributed by atoms with Crippen molar-refractivity contribution in [2.24, 2.45) is 0 Å². The van der Waals surface area contributed by atoms with Gasteiger partial charge < -0.3 is 14.9 Å². The Morgan fingerprint density at radius 3 is 2.72 bits per heavy atom. The van der Waals surface area contributed by atoms with E-state index in [4.69, 9.17) is 0 Å². The van der Waals surface area contributed by atoms with Crippen molar-refractivity contribution in [3.8, 4) is 0 Å². The number of amides is 1. The molecule has 0 saturated heterocycles. The van der Waals surface area contributed by atoms with Gasteiger partial charge in [0.2, 0.25) is 5.91 Å². The molecule has 0 fully saturated rings. The van der Waals surface area contributed by atoms with E-state index < -0.39 is 0 Å². The van der Waals surface area contributed by atoms with Crippen molar-refractivity contribution in [1.29, 1.82) is 0 Å². The fraction of sp³-hybridized carbons (Fsp3) is 0.400. The minimum Gasteiger partial charge on any atom is -0.358 e. The summed E-state index contributed by atoms with van der Waals surface area (Å²) < 4.78 is 1.88. The molecule has 0 saturated carbocycles. The van der Waals surface area contributed by atoms with Gasteiger partial charge in [-0.25, -0.2) is 4.98 Å². The molecule has 5 nitrogen and oxygen atoms in total. The number of hydrogen-bond donors (Lipinski definition) is 2. The Kier molecular flexibility index (Phi) is 4.66. The summed E-state index contributed by atoms with van der Waals surface area (Å²) in [5.41, 5.74) is 6.03. The average Bonchev–Trinajstić information content (AvgIpc) is 3.15. The van der Waals surface area contributed by atoms with Crippen LogP contribution >= 0.6 is 0 Å². The Morgan fingerprint density at radius 2 is 2.08 bits per heavy atom. The van der Waals surface area contributed by atoms with Gasteiger partial charge in [-0.1, -0.05) is 18.6 Å². The zero-order valence-corrected chi connectivity index (χ0v) is 15.6. The quantitative estimate of drug-likeness (QED) is 0.744. The topological polar surface area (TPSA) is 62.7 Å². The van der Waals surface area contributed by atoms with Gasteiger partial charge in [-0.15, -0.1) is 0 Å². The number of nitrogens with zero attached hydrogens (tertiary/aromatic N) is 2. The first kappa shape index (κ1) is 17.3. The van der Waals surface area contributed by atoms with Crippen LogP contribution in [0.1, 0.15) is 48.1 Å². The monoisotopic (exact) mass is 338 g/mol. The largest absolute Gasteiger partial charge is 0.358 e. The summed E-state index contributed by atoms with van der Waals surface area (Å²) in [5, 5.41) is 4.32. The van der Waals surface area contributed by atoms with Crippen LogP contribution in [-0.2, 0) is 17.8 Å². The van der Waals surface area contributed by atoms with E-state index in [1.54, 1.807) is 6.20 Å². The SMILES string of the molecule is CCc1[nH]c2c(CNC(=O)C(C)n3ccnc3C)cc(C)cc2c1C. The first-order valence-corrected chi connectivity index (χ1v) is 8.80. The first-order chi connectivity index (χ1) is 11.9. The first-order valence-electron chi connectivity index (χ1n) is 8.80. The molecule has 1 atom stereocenters. The molecule has 2 heterocycles. The van der Waals surface area contributed by atoms with E-state index in [1.807, 2.05) is 24.6 Å². The maximum absolute atomic E-state index is 12.5. The van der Waals surface area contributed by atoms with E-state index >= 15 is 0 Å². The highest BCUT2D eigenvalue weighted by atomic mass is 16.2. The molecule has 0 spiro atoms. The molecule has 25 heavy (non-hydrogen) atoms. The lowest BCUT2D eigenvalue weighted by atomic mass is 10.0. The number of aryl methyl sites for hydroxylation is 4. The fourth-order valence-corrected chi connectivity index (χ4v) is 3.46. The van der Waals surface area contributed by atoms with Crippen molar-refractivity contribution in [3.63, 3.8) is 0 Å². The third-order valence-electron chi connectivity index (χ3n) is 4.96. The van der Waals surface area contributed by atoms with Gasteiger partial charge in [0.1, 0.15) is 11.9 Å². The summed E-state index contributed by atoms with van der Waals surface area (Å²) in [6, 6.07) is 4.08. The van der Waals surface area contributed by atoms with Gasteiger partial charge in [0, 0.05) is 30.0 Å². The number of benzene rings is 1. The van der Waals surface area contributed by atoms with E-state index in [-0.39, 0.29) is 11.9 Å². The zero-order valence-electron chi connectivity index (χ0n) is 15.6. The molecule has 3 rings (SSSR count). The van der Waals surface area contributed by atoms with Crippen LogP contribution in [0.5, 0.6) is 0 Å². The molecule has 0 aliphatic rings. The number of carbonyl (C=O) groups excluding carboxylic acids is 1. The van der Waals surface area contributed by atoms with Crippen molar-refractivity contribution < 1.29 is 4.79 Å². The van der Waals surface area contributed by atoms with E-state index in [0.29, 0.717) is 6.54 Å². The zero-order chi connectivity index (χ0) is 18.1. The summed E-state index contributed by atoms with van der Waals surface area (Å²) in [5.74, 6) is 0.836. The molecule has 132 valence electrons. The Bertz CT molecular complexity index is 919. The summed E-state index contributed by atoms with van der Waals surface area (Å²) in [6.07, 6.45) is 4.53. The molecule has 0 radical (unpaired) electrons. The lowest BCUT2D eigenvalue weighted by Crippen LogP contribution is -2.30. The molecule has 2 N–H and O–H groups in total. The van der Waals surface area contributed by atoms with Crippen LogP contribution in [0, 0.1) is 20.8 Å². The maximum Gasteiger partial charge on any atom is 0.243 e. The normalized spacial score (nSPS) is 12.5. The number of aromatic nitrogens is 3. The number of rotatable bonds is 5. The van der Waals surface area contributed by atoms with Crippen LogP contribution in [-0.4, -0.2) is 20.4 Å². The van der Waals surface area contributed by atoms with Gasteiger partial charge in [0.05, 0.1) is 5.52 Å². The van der Waals surface area contributed by atoms with E-state index in [0.717, 1.165) is 23.3 Å². The van der Waals surface area contributed by atoms with Crippen molar-refractivity contribution >= 4 is 16.8 Å². The summed E-state index contributed by atoms with van der Waals surface area (Å²) in [4.78, 5) is 20.3. The molecular weight excluding hydrogens is 312 g/mol. The number of nitrogens with one attached hydrogen (secondary N) is 2. The maximum atomic E-state index is 12.5. The highest BCUT2D eigenvalue weighted by Crippen LogP contribution is 2.26. The van der Waals surface area contributed by atoms with Gasteiger partial charge >= 0.3 is 0 Å². The van der Waals surface area contributed by atoms with E-state index in [1.165, 1.54) is 22.2 Å². The Balaban J connectivity index is 1.83. The molecule has 1 aromatic carbocycles. The molecule has 0 bridgehead atoms. The number of aromatic amines is 1. The predicted molar refractivity (Wildman–Crippen MR) is 101 cm³/mol. The Labute approximate surface area is 148 Å². The molecule has 3 aromatic rings. The molecule has 1 amide bonds. The van der Waals surface area contributed by atoms with Gasteiger partial charge in [0.15, 0.2) is 0 Å². The standard InChI is InChI=1S/C20H26N4O/c1-6-18-13(3)17-10-12(2)9-16(19(17)23-18)11-22-20(25)14(4)24-8-7-21-15(24)5/h7-10,14,23H,6,11H2,1-5H3,(H,22,25). The van der Waals surface area contributed by atoms with Crippen LogP contribution in [0.2, 0.25) is 0 Å². The molecule has 1 unspecified atom stereocenters. The van der Waals surface area contributed by atoms with E-state index in [2.05, 4.69) is 48.2 Å². The Morgan fingerprint density at radius 1 is 1.32 bits per heavy atom. The lowest BCUT2D eigenvalue weighted by Gasteiger charge is -2.15. The van der Waals surface area contributed by atoms with Crippen LogP contribution < -0.4 is 5.32 Å². The van der Waals surface area contributed by atoms with Crippen molar-refractivity contribution in [3.05, 3.63) is 52.7 Å². The molecule has 5 heteroatoms. The number of imidazole rings is 1. The third kappa shape index (κ3) is 3.18. The second-order valence-corrected chi connectivity index (χ2v) is 6.70. The summed E-state index contributed by atoms with van der Waals surface area (Å²) >= 11 is 0. The summed E-state index contributed by atoms with van der Waals surface area (Å²) in [7, 11) is 0. The highest BCUT2D eigenvalue weighted by Gasteiger charge is 2.17. The van der Waals surface area contributed by atoms with Crippen molar-refractivity contribution in [2.45, 2.75) is 53.6 Å². The third-order valence-corrected chi connectivity index (χ3v) is 4.96.